The average molecular weight is 239 g/mol. The fourth-order valence-electron chi connectivity index (χ4n) is 3.20. The van der Waals surface area contributed by atoms with Crippen molar-refractivity contribution in [3.8, 4) is 0 Å². The van der Waals surface area contributed by atoms with E-state index in [1.54, 1.807) is 5.57 Å². The summed E-state index contributed by atoms with van der Waals surface area (Å²) in [7, 11) is 0. The third kappa shape index (κ3) is 2.27. The van der Waals surface area contributed by atoms with Crippen molar-refractivity contribution in [3.05, 3.63) is 47.2 Å². The number of rotatable bonds is 1. The lowest BCUT2D eigenvalue weighted by Gasteiger charge is -2.17. The Hall–Kier alpha value is -1.37. The van der Waals surface area contributed by atoms with E-state index in [0.717, 1.165) is 12.8 Å². The second-order valence-electron chi connectivity index (χ2n) is 6.35. The molecular weight excluding hydrogens is 218 g/mol. The van der Waals surface area contributed by atoms with Gasteiger partial charge in [0.25, 0.3) is 0 Å². The fraction of sp³-hybridized carbons (Fsp3) is 0.471. The van der Waals surface area contributed by atoms with Crippen molar-refractivity contribution >= 4 is 5.71 Å². The Morgan fingerprint density at radius 2 is 1.78 bits per heavy atom. The van der Waals surface area contributed by atoms with Gasteiger partial charge in [0.15, 0.2) is 0 Å². The van der Waals surface area contributed by atoms with Crippen LogP contribution in [0, 0.1) is 5.41 Å². The Morgan fingerprint density at radius 3 is 2.56 bits per heavy atom. The van der Waals surface area contributed by atoms with Crippen LogP contribution in [0.15, 0.2) is 46.6 Å². The summed E-state index contributed by atoms with van der Waals surface area (Å²) in [5.41, 5.74) is 6.02. The first kappa shape index (κ1) is 11.7. The van der Waals surface area contributed by atoms with Gasteiger partial charge in [-0.1, -0.05) is 44.2 Å². The van der Waals surface area contributed by atoms with Crippen molar-refractivity contribution in [2.75, 3.05) is 0 Å². The molecule has 1 aromatic carbocycles. The molecule has 94 valence electrons. The molecular formula is C17H21N. The summed E-state index contributed by atoms with van der Waals surface area (Å²) < 4.78 is 0. The lowest BCUT2D eigenvalue weighted by atomic mass is 9.88. The molecule has 0 amide bonds. The third-order valence-corrected chi connectivity index (χ3v) is 4.02. The minimum absolute atomic E-state index is 0.424. The third-order valence-electron chi connectivity index (χ3n) is 4.02. The van der Waals surface area contributed by atoms with E-state index in [-0.39, 0.29) is 0 Å². The normalized spacial score (nSPS) is 22.4. The molecule has 18 heavy (non-hydrogen) atoms. The van der Waals surface area contributed by atoms with Crippen LogP contribution in [0.1, 0.15) is 51.5 Å². The molecule has 0 unspecified atom stereocenters. The van der Waals surface area contributed by atoms with E-state index < -0.39 is 0 Å². The van der Waals surface area contributed by atoms with Gasteiger partial charge in [-0.05, 0) is 48.7 Å². The van der Waals surface area contributed by atoms with Crippen molar-refractivity contribution in [2.24, 2.45) is 10.4 Å². The zero-order valence-electron chi connectivity index (χ0n) is 11.4. The summed E-state index contributed by atoms with van der Waals surface area (Å²) in [6.45, 7) is 4.72. The second-order valence-corrected chi connectivity index (χ2v) is 6.35. The van der Waals surface area contributed by atoms with Gasteiger partial charge in [0.2, 0.25) is 0 Å². The molecule has 0 aromatic heterocycles. The van der Waals surface area contributed by atoms with Gasteiger partial charge in [0, 0.05) is 11.4 Å². The number of hydrogen-bond donors (Lipinski definition) is 0. The minimum atomic E-state index is 0.424. The monoisotopic (exact) mass is 239 g/mol. The van der Waals surface area contributed by atoms with E-state index in [2.05, 4.69) is 44.2 Å². The van der Waals surface area contributed by atoms with E-state index in [4.69, 9.17) is 4.99 Å². The Balaban J connectivity index is 1.94. The van der Waals surface area contributed by atoms with E-state index in [1.807, 2.05) is 0 Å². The van der Waals surface area contributed by atoms with Crippen LogP contribution in [0.25, 0.3) is 0 Å². The Labute approximate surface area is 110 Å². The molecule has 0 bridgehead atoms. The molecule has 1 aliphatic heterocycles. The molecule has 0 N–H and O–H groups in total. The Kier molecular flexibility index (Phi) is 2.85. The maximum absolute atomic E-state index is 5.00. The minimum Gasteiger partial charge on any atom is -0.257 e. The van der Waals surface area contributed by atoms with Crippen LogP contribution < -0.4 is 0 Å². The molecule has 1 aliphatic carbocycles. The standard InChI is InChI=1S/C17H21N/c1-17(2)11-14-9-6-10-15(18-16(14)12-17)13-7-4-3-5-8-13/h3-5,7-8H,6,9-12H2,1-2H3. The molecule has 3 rings (SSSR count). The van der Waals surface area contributed by atoms with E-state index >= 15 is 0 Å². The van der Waals surface area contributed by atoms with Gasteiger partial charge in [-0.25, -0.2) is 0 Å². The van der Waals surface area contributed by atoms with Gasteiger partial charge in [-0.2, -0.15) is 0 Å². The van der Waals surface area contributed by atoms with Crippen LogP contribution in [0.2, 0.25) is 0 Å². The summed E-state index contributed by atoms with van der Waals surface area (Å²) in [5.74, 6) is 0. The van der Waals surface area contributed by atoms with E-state index in [9.17, 15) is 0 Å². The van der Waals surface area contributed by atoms with Gasteiger partial charge in [0.1, 0.15) is 0 Å². The summed E-state index contributed by atoms with van der Waals surface area (Å²) in [5, 5.41) is 0. The lowest BCUT2D eigenvalue weighted by molar-refractivity contribution is 0.385. The average Bonchev–Trinajstić information content (AvgIpc) is 2.52. The predicted molar refractivity (Wildman–Crippen MR) is 76.9 cm³/mol. The second kappa shape index (κ2) is 4.38. The molecule has 1 heteroatoms. The maximum Gasteiger partial charge on any atom is 0.0479 e. The smallest absolute Gasteiger partial charge is 0.0479 e. The largest absolute Gasteiger partial charge is 0.257 e. The van der Waals surface area contributed by atoms with Crippen molar-refractivity contribution in [3.63, 3.8) is 0 Å². The molecule has 0 saturated carbocycles. The van der Waals surface area contributed by atoms with E-state index in [1.165, 1.54) is 36.2 Å². The molecule has 0 spiro atoms. The summed E-state index contributed by atoms with van der Waals surface area (Å²) in [6, 6.07) is 10.7. The fourth-order valence-corrected chi connectivity index (χ4v) is 3.20. The number of allylic oxidation sites excluding steroid dienone is 2. The first-order valence-corrected chi connectivity index (χ1v) is 6.98. The van der Waals surface area contributed by atoms with Crippen LogP contribution in [0.5, 0.6) is 0 Å². The van der Waals surface area contributed by atoms with Gasteiger partial charge in [-0.15, -0.1) is 0 Å². The molecule has 1 nitrogen and oxygen atoms in total. The van der Waals surface area contributed by atoms with Crippen LogP contribution in [-0.2, 0) is 0 Å². The SMILES string of the molecule is CC1(C)CC2=C(C1)N=C(c1ccccc1)CCC2. The predicted octanol–water partition coefficient (Wildman–Crippen LogP) is 4.73. The van der Waals surface area contributed by atoms with Gasteiger partial charge in [0.05, 0.1) is 0 Å². The van der Waals surface area contributed by atoms with Crippen LogP contribution in [-0.4, -0.2) is 5.71 Å². The highest BCUT2D eigenvalue weighted by Gasteiger charge is 2.31. The topological polar surface area (TPSA) is 12.4 Å². The summed E-state index contributed by atoms with van der Waals surface area (Å²) >= 11 is 0. The maximum atomic E-state index is 5.00. The molecule has 1 aromatic rings. The molecule has 0 radical (unpaired) electrons. The molecule has 2 aliphatic rings. The lowest BCUT2D eigenvalue weighted by Crippen LogP contribution is -2.07. The van der Waals surface area contributed by atoms with Gasteiger partial charge in [-0.3, -0.25) is 4.99 Å². The number of hydrogen-bond acceptors (Lipinski definition) is 1. The highest BCUT2D eigenvalue weighted by Crippen LogP contribution is 2.44. The van der Waals surface area contributed by atoms with Crippen molar-refractivity contribution in [1.82, 2.24) is 0 Å². The van der Waals surface area contributed by atoms with Crippen molar-refractivity contribution in [2.45, 2.75) is 46.0 Å². The highest BCUT2D eigenvalue weighted by atomic mass is 14.8. The quantitative estimate of drug-likeness (QED) is 0.671. The van der Waals surface area contributed by atoms with Crippen LogP contribution in [0.4, 0.5) is 0 Å². The number of aliphatic imine (C=N–C) groups is 1. The summed E-state index contributed by atoms with van der Waals surface area (Å²) in [6.07, 6.45) is 6.02. The summed E-state index contributed by atoms with van der Waals surface area (Å²) in [4.78, 5) is 5.00. The van der Waals surface area contributed by atoms with Crippen molar-refractivity contribution in [1.29, 1.82) is 0 Å². The zero-order valence-corrected chi connectivity index (χ0v) is 11.4. The molecule has 0 saturated heterocycles. The highest BCUT2D eigenvalue weighted by molar-refractivity contribution is 6.01. The number of nitrogens with zero attached hydrogens (tertiary/aromatic N) is 1. The molecule has 1 heterocycles. The van der Waals surface area contributed by atoms with Crippen LogP contribution in [0.3, 0.4) is 0 Å². The molecule has 0 atom stereocenters. The van der Waals surface area contributed by atoms with Gasteiger partial charge < -0.3 is 0 Å². The first-order valence-electron chi connectivity index (χ1n) is 6.98. The van der Waals surface area contributed by atoms with E-state index in [0.29, 0.717) is 5.41 Å². The molecule has 0 fully saturated rings. The number of benzene rings is 1. The van der Waals surface area contributed by atoms with Gasteiger partial charge >= 0.3 is 0 Å². The zero-order chi connectivity index (χ0) is 12.6. The Morgan fingerprint density at radius 1 is 1.00 bits per heavy atom. The first-order chi connectivity index (χ1) is 8.64. The van der Waals surface area contributed by atoms with Crippen molar-refractivity contribution < 1.29 is 0 Å². The Bertz CT molecular complexity index is 506. The van der Waals surface area contributed by atoms with Crippen LogP contribution >= 0.6 is 0 Å².